The van der Waals surface area contributed by atoms with Crippen LogP contribution in [0.3, 0.4) is 0 Å². The quantitative estimate of drug-likeness (QED) is 0.812. The van der Waals surface area contributed by atoms with E-state index in [1.165, 1.54) is 0 Å². The molecule has 1 N–H and O–H groups in total. The van der Waals surface area contributed by atoms with Crippen molar-refractivity contribution in [3.8, 4) is 0 Å². The normalized spacial score (nSPS) is 28.4. The van der Waals surface area contributed by atoms with Crippen molar-refractivity contribution in [1.29, 1.82) is 0 Å². The SMILES string of the molecule is CC1OCCC1N(C)C(=O)N1CCN(C(C)C(=O)O)CC1. The molecule has 0 aromatic carbocycles. The van der Waals surface area contributed by atoms with Crippen LogP contribution < -0.4 is 0 Å². The number of hydrogen-bond donors (Lipinski definition) is 1. The predicted molar refractivity (Wildman–Crippen MR) is 77.2 cm³/mol. The molecule has 2 rings (SSSR count). The first-order valence-corrected chi connectivity index (χ1v) is 7.52. The number of carbonyl (C=O) groups excluding carboxylic acids is 1. The fourth-order valence-corrected chi connectivity index (χ4v) is 3.05. The van der Waals surface area contributed by atoms with Crippen molar-refractivity contribution in [2.75, 3.05) is 39.8 Å². The van der Waals surface area contributed by atoms with Gasteiger partial charge >= 0.3 is 12.0 Å². The number of amides is 2. The van der Waals surface area contributed by atoms with Crippen molar-refractivity contribution < 1.29 is 19.4 Å². The maximum Gasteiger partial charge on any atom is 0.320 e. The molecule has 3 atom stereocenters. The summed E-state index contributed by atoms with van der Waals surface area (Å²) in [6.07, 6.45) is 0.951. The number of aliphatic carboxylic acids is 1. The van der Waals surface area contributed by atoms with Crippen molar-refractivity contribution in [2.45, 2.75) is 38.5 Å². The second-order valence-corrected chi connectivity index (χ2v) is 5.86. The summed E-state index contributed by atoms with van der Waals surface area (Å²) in [4.78, 5) is 29.0. The van der Waals surface area contributed by atoms with E-state index in [4.69, 9.17) is 9.84 Å². The zero-order valence-electron chi connectivity index (χ0n) is 13.0. The molecular weight excluding hydrogens is 274 g/mol. The van der Waals surface area contributed by atoms with Gasteiger partial charge in [-0.25, -0.2) is 4.79 Å². The highest BCUT2D eigenvalue weighted by atomic mass is 16.5. The lowest BCUT2D eigenvalue weighted by Gasteiger charge is -2.39. The number of likely N-dealkylation sites (N-methyl/N-ethyl adjacent to an activating group) is 1. The van der Waals surface area contributed by atoms with E-state index in [2.05, 4.69) is 0 Å². The Bertz CT molecular complexity index is 396. The second kappa shape index (κ2) is 6.62. The van der Waals surface area contributed by atoms with Gasteiger partial charge in [0.15, 0.2) is 0 Å². The van der Waals surface area contributed by atoms with Gasteiger partial charge in [-0.2, -0.15) is 0 Å². The molecule has 0 aliphatic carbocycles. The fourth-order valence-electron chi connectivity index (χ4n) is 3.05. The molecule has 0 radical (unpaired) electrons. The summed E-state index contributed by atoms with van der Waals surface area (Å²) in [5, 5.41) is 9.03. The van der Waals surface area contributed by atoms with Gasteiger partial charge in [-0.15, -0.1) is 0 Å². The Morgan fingerprint density at radius 1 is 1.29 bits per heavy atom. The highest BCUT2D eigenvalue weighted by Crippen LogP contribution is 2.20. The van der Waals surface area contributed by atoms with Crippen LogP contribution in [0.1, 0.15) is 20.3 Å². The summed E-state index contributed by atoms with van der Waals surface area (Å²) in [5.74, 6) is -0.816. The minimum atomic E-state index is -0.816. The van der Waals surface area contributed by atoms with Crippen LogP contribution in [0.2, 0.25) is 0 Å². The second-order valence-electron chi connectivity index (χ2n) is 5.86. The zero-order valence-corrected chi connectivity index (χ0v) is 13.0. The smallest absolute Gasteiger partial charge is 0.320 e. The molecule has 7 heteroatoms. The van der Waals surface area contributed by atoms with Crippen LogP contribution in [-0.4, -0.2) is 89.8 Å². The molecule has 2 fully saturated rings. The van der Waals surface area contributed by atoms with Gasteiger partial charge in [-0.3, -0.25) is 9.69 Å². The van der Waals surface area contributed by atoms with E-state index in [1.807, 2.05) is 18.9 Å². The summed E-state index contributed by atoms with van der Waals surface area (Å²) >= 11 is 0. The van der Waals surface area contributed by atoms with E-state index in [-0.39, 0.29) is 18.2 Å². The molecule has 7 nitrogen and oxygen atoms in total. The van der Waals surface area contributed by atoms with Crippen molar-refractivity contribution in [2.24, 2.45) is 0 Å². The molecule has 2 amide bonds. The fraction of sp³-hybridized carbons (Fsp3) is 0.857. The van der Waals surface area contributed by atoms with E-state index >= 15 is 0 Å². The topological polar surface area (TPSA) is 73.3 Å². The lowest BCUT2D eigenvalue weighted by atomic mass is 10.1. The number of carboxylic acids is 1. The minimum Gasteiger partial charge on any atom is -0.480 e. The van der Waals surface area contributed by atoms with Crippen LogP contribution >= 0.6 is 0 Å². The molecule has 2 saturated heterocycles. The highest BCUT2D eigenvalue weighted by molar-refractivity contribution is 5.75. The Kier molecular flexibility index (Phi) is 5.05. The summed E-state index contributed by atoms with van der Waals surface area (Å²) in [6.45, 7) is 6.73. The molecule has 120 valence electrons. The Morgan fingerprint density at radius 3 is 2.38 bits per heavy atom. The van der Waals surface area contributed by atoms with Crippen LogP contribution in [0.4, 0.5) is 4.79 Å². The Hall–Kier alpha value is -1.34. The first kappa shape index (κ1) is 16.0. The number of rotatable bonds is 3. The molecule has 0 bridgehead atoms. The van der Waals surface area contributed by atoms with E-state index in [0.717, 1.165) is 6.42 Å². The van der Waals surface area contributed by atoms with Gasteiger partial charge in [0, 0.05) is 39.8 Å². The van der Waals surface area contributed by atoms with E-state index in [9.17, 15) is 9.59 Å². The average Bonchev–Trinajstić information content (AvgIpc) is 2.91. The molecule has 0 saturated carbocycles. The summed E-state index contributed by atoms with van der Waals surface area (Å²) in [7, 11) is 1.82. The number of ether oxygens (including phenoxy) is 1. The van der Waals surface area contributed by atoms with Gasteiger partial charge in [0.2, 0.25) is 0 Å². The Labute approximate surface area is 125 Å². The molecule has 2 aliphatic rings. The largest absolute Gasteiger partial charge is 0.480 e. The molecule has 2 aliphatic heterocycles. The van der Waals surface area contributed by atoms with Crippen molar-refractivity contribution >= 4 is 12.0 Å². The lowest BCUT2D eigenvalue weighted by molar-refractivity contribution is -0.143. The van der Waals surface area contributed by atoms with Crippen LogP contribution in [0.25, 0.3) is 0 Å². The number of hydrogen-bond acceptors (Lipinski definition) is 4. The number of urea groups is 1. The number of carbonyl (C=O) groups is 2. The van der Waals surface area contributed by atoms with Gasteiger partial charge in [-0.1, -0.05) is 0 Å². The number of nitrogens with zero attached hydrogens (tertiary/aromatic N) is 3. The molecule has 3 unspecified atom stereocenters. The first-order chi connectivity index (χ1) is 9.91. The third kappa shape index (κ3) is 3.47. The van der Waals surface area contributed by atoms with Crippen LogP contribution in [0.5, 0.6) is 0 Å². The summed E-state index contributed by atoms with van der Waals surface area (Å²) in [5.41, 5.74) is 0. The Balaban J connectivity index is 1.86. The van der Waals surface area contributed by atoms with Crippen molar-refractivity contribution in [3.63, 3.8) is 0 Å². The first-order valence-electron chi connectivity index (χ1n) is 7.52. The molecule has 2 heterocycles. The van der Waals surface area contributed by atoms with E-state index < -0.39 is 12.0 Å². The maximum atomic E-state index is 12.5. The third-order valence-electron chi connectivity index (χ3n) is 4.63. The predicted octanol–water partition coefficient (Wildman–Crippen LogP) is 0.306. The van der Waals surface area contributed by atoms with E-state index in [0.29, 0.717) is 32.8 Å². The van der Waals surface area contributed by atoms with Crippen LogP contribution in [0.15, 0.2) is 0 Å². The minimum absolute atomic E-state index is 0.0139. The van der Waals surface area contributed by atoms with Crippen LogP contribution in [0, 0.1) is 0 Å². The number of piperazine rings is 1. The maximum absolute atomic E-state index is 12.5. The lowest BCUT2D eigenvalue weighted by Crippen LogP contribution is -2.57. The van der Waals surface area contributed by atoms with Crippen molar-refractivity contribution in [1.82, 2.24) is 14.7 Å². The zero-order chi connectivity index (χ0) is 15.6. The average molecular weight is 299 g/mol. The van der Waals surface area contributed by atoms with Gasteiger partial charge < -0.3 is 19.6 Å². The summed E-state index contributed by atoms with van der Waals surface area (Å²) in [6, 6.07) is -0.350. The molecule has 0 spiro atoms. The van der Waals surface area contributed by atoms with Gasteiger partial charge in [0.1, 0.15) is 6.04 Å². The molecular formula is C14H25N3O4. The van der Waals surface area contributed by atoms with Crippen LogP contribution in [-0.2, 0) is 9.53 Å². The van der Waals surface area contributed by atoms with Gasteiger partial charge in [-0.05, 0) is 20.3 Å². The van der Waals surface area contributed by atoms with Gasteiger partial charge in [0.05, 0.1) is 12.1 Å². The molecule has 21 heavy (non-hydrogen) atoms. The molecule has 0 aromatic rings. The molecule has 0 aromatic heterocycles. The number of carboxylic acid groups (broad SMARTS) is 1. The van der Waals surface area contributed by atoms with Crippen molar-refractivity contribution in [3.05, 3.63) is 0 Å². The van der Waals surface area contributed by atoms with E-state index in [1.54, 1.807) is 16.7 Å². The highest BCUT2D eigenvalue weighted by Gasteiger charge is 2.34. The monoisotopic (exact) mass is 299 g/mol. The Morgan fingerprint density at radius 2 is 1.90 bits per heavy atom. The standard InChI is InChI=1S/C14H25N3O4/c1-10(13(18)19)16-5-7-17(8-6-16)14(20)15(3)12-4-9-21-11(12)2/h10-12H,4-9H2,1-3H3,(H,18,19). The summed E-state index contributed by atoms with van der Waals surface area (Å²) < 4.78 is 5.51. The third-order valence-corrected chi connectivity index (χ3v) is 4.63. The van der Waals surface area contributed by atoms with Gasteiger partial charge in [0.25, 0.3) is 0 Å².